The molecule has 0 unspecified atom stereocenters. The maximum atomic E-state index is 12.1. The van der Waals surface area contributed by atoms with Gasteiger partial charge in [-0.25, -0.2) is 15.0 Å². The molecule has 18 heteroatoms. The second-order valence-electron chi connectivity index (χ2n) is 22.5. The van der Waals surface area contributed by atoms with Crippen molar-refractivity contribution in [3.05, 3.63) is 150 Å². The average Bonchev–Trinajstić information content (AvgIpc) is 2.79. The van der Waals surface area contributed by atoms with E-state index in [2.05, 4.69) is 65.5 Å². The maximum absolute atomic E-state index is 12.1. The number of aromatic hydroxyl groups is 4. The zero-order chi connectivity index (χ0) is 58.7. The highest BCUT2D eigenvalue weighted by Gasteiger charge is 2.27. The van der Waals surface area contributed by atoms with E-state index in [9.17, 15) is 20.4 Å². The van der Waals surface area contributed by atoms with Gasteiger partial charge in [0.2, 0.25) is 0 Å². The Labute approximate surface area is 495 Å². The number of rotatable bonds is 13. The first-order valence-corrected chi connectivity index (χ1v) is 29.0. The number of thiol groups is 2. The van der Waals surface area contributed by atoms with Crippen LogP contribution < -0.4 is 9.47 Å². The lowest BCUT2D eigenvalue weighted by molar-refractivity contribution is 0.423. The largest absolute Gasteiger partial charge is 0.593 e. The number of phenols is 3. The summed E-state index contributed by atoms with van der Waals surface area (Å²) in [5, 5.41) is 58.3. The Morgan fingerprint density at radius 1 is 0.536 bits per heavy atom. The van der Waals surface area contributed by atoms with Crippen LogP contribution in [0.2, 0.25) is 0 Å². The van der Waals surface area contributed by atoms with Gasteiger partial charge in [0.25, 0.3) is 11.8 Å². The zero-order valence-corrected chi connectivity index (χ0v) is 49.6. The smallest absolute Gasteiger partial charge is 0.298 e. The molecule has 0 saturated carbocycles. The molecule has 84 heavy (non-hydrogen) atoms. The number of benzene rings is 6. The van der Waals surface area contributed by atoms with Gasteiger partial charge in [-0.3, -0.25) is 13.7 Å². The molecule has 13 rings (SSSR count). The van der Waals surface area contributed by atoms with Crippen molar-refractivity contribution in [1.82, 2.24) is 42.4 Å². The van der Waals surface area contributed by atoms with Gasteiger partial charge in [0.1, 0.15) is 28.7 Å². The van der Waals surface area contributed by atoms with Crippen molar-refractivity contribution >= 4 is 58.0 Å². The summed E-state index contributed by atoms with van der Waals surface area (Å²) in [7, 11) is 6.04. The predicted octanol–water partition coefficient (Wildman–Crippen LogP) is 14.8. The summed E-state index contributed by atoms with van der Waals surface area (Å²) in [6, 6.07) is 28.4. The molecular formula is C66H64N9O7S2+. The Hall–Kier alpha value is -9.13. The molecule has 0 saturated heterocycles. The first-order valence-electron chi connectivity index (χ1n) is 28.1. The van der Waals surface area contributed by atoms with Crippen molar-refractivity contribution in [2.45, 2.75) is 88.9 Å². The monoisotopic (exact) mass is 1160 g/mol. The van der Waals surface area contributed by atoms with Crippen LogP contribution >= 0.6 is 25.3 Å². The average molecular weight is 1160 g/mol. The number of ether oxygens (including phenoxy) is 2. The number of hydrogen-bond donors (Lipinski definition) is 6. The van der Waals surface area contributed by atoms with E-state index >= 15 is 0 Å². The van der Waals surface area contributed by atoms with Crippen molar-refractivity contribution in [3.8, 4) is 103 Å². The molecule has 426 valence electrons. The second kappa shape index (κ2) is 20.6. The Morgan fingerprint density at radius 2 is 1.04 bits per heavy atom. The van der Waals surface area contributed by atoms with Gasteiger partial charge in [0.05, 0.1) is 64.0 Å². The van der Waals surface area contributed by atoms with Crippen LogP contribution in [0.25, 0.3) is 83.5 Å². The van der Waals surface area contributed by atoms with Gasteiger partial charge in [0.15, 0.2) is 21.8 Å². The van der Waals surface area contributed by atoms with Crippen molar-refractivity contribution in [2.24, 2.45) is 21.1 Å². The lowest BCUT2D eigenvalue weighted by Gasteiger charge is -2.18. The van der Waals surface area contributed by atoms with Crippen LogP contribution in [-0.4, -0.2) is 67.9 Å². The van der Waals surface area contributed by atoms with Crippen molar-refractivity contribution in [1.29, 1.82) is 0 Å². The molecule has 1 aliphatic carbocycles. The molecule has 6 aromatic carbocycles. The molecule has 0 aliphatic heterocycles. The molecule has 0 fully saturated rings. The third-order valence-electron chi connectivity index (χ3n) is 16.8. The number of imidazole rings is 3. The lowest BCUT2D eigenvalue weighted by atomic mass is 9.95. The highest BCUT2D eigenvalue weighted by atomic mass is 32.1. The summed E-state index contributed by atoms with van der Waals surface area (Å²) in [6.45, 7) is 10.1. The molecule has 0 atom stereocenters. The molecule has 6 aromatic heterocycles. The van der Waals surface area contributed by atoms with Gasteiger partial charge in [-0.2, -0.15) is 0 Å². The molecule has 6 N–H and O–H groups in total. The third-order valence-corrected chi connectivity index (χ3v) is 17.4. The zero-order valence-electron chi connectivity index (χ0n) is 47.8. The van der Waals surface area contributed by atoms with E-state index < -0.39 is 0 Å². The summed E-state index contributed by atoms with van der Waals surface area (Å²) in [5.74, 6) is 2.13. The minimum atomic E-state index is -0.262. The van der Waals surface area contributed by atoms with Crippen LogP contribution in [0.5, 0.6) is 52.0 Å². The summed E-state index contributed by atoms with van der Waals surface area (Å²) in [5.41, 5.74) is 13.8. The summed E-state index contributed by atoms with van der Waals surface area (Å²) in [6.07, 6.45) is 13.9. The topological polar surface area (TPSA) is 191 Å². The Bertz CT molecular complexity index is 4650. The lowest BCUT2D eigenvalue weighted by Crippen LogP contribution is -2.04. The van der Waals surface area contributed by atoms with E-state index in [1.165, 1.54) is 47.3 Å². The standard InChI is InChI=1S/C66H63N9O7S2/c1-9-36-20-44(54-30-68-65(83)74(54)38-16-19-52-43(21-38)40-12-10-11-13-51(40)72(52)8)58(78)27-60(36)81-62-32-70(6)50-18-15-39(23-48(50)62)75-55(31-69-66(75)84)46-25-42(35(4)5)61(28-59(46)79)82-63-33-71(7)49-17-14-37(22-47(49)63)73-53(29-67-64(73)80)45-24-41(34(2)3)56(76)26-57(45)77/h14-35,76-79H,9-13H2,1-8H3,(H,67,80)(H,68,83)(H,69,84)/p+1. The van der Waals surface area contributed by atoms with E-state index in [1.54, 1.807) is 35.2 Å². The Morgan fingerprint density at radius 3 is 1.63 bits per heavy atom. The molecule has 16 nitrogen and oxygen atoms in total. The summed E-state index contributed by atoms with van der Waals surface area (Å²) >= 11 is 9.69. The molecule has 1 aliphatic rings. The molecule has 12 aromatic rings. The number of phenolic OH excluding ortho intramolecular Hbond substituents is 3. The van der Waals surface area contributed by atoms with E-state index in [0.717, 1.165) is 57.1 Å². The number of hydrogen-bond acceptors (Lipinski definition) is 11. The minimum absolute atomic E-state index is 0.00902. The van der Waals surface area contributed by atoms with Gasteiger partial charge < -0.3 is 48.7 Å². The molecule has 0 amide bonds. The van der Waals surface area contributed by atoms with Crippen molar-refractivity contribution in [3.63, 3.8) is 0 Å². The van der Waals surface area contributed by atoms with Gasteiger partial charge in [-0.15, -0.1) is 25.3 Å². The third kappa shape index (κ3) is 8.88. The number of aromatic nitrogens is 9. The van der Waals surface area contributed by atoms with Crippen LogP contribution in [0.1, 0.15) is 87.2 Å². The van der Waals surface area contributed by atoms with E-state index in [4.69, 9.17) is 39.8 Å². The van der Waals surface area contributed by atoms with Crippen molar-refractivity contribution < 1.29 is 35.0 Å². The van der Waals surface area contributed by atoms with Gasteiger partial charge >= 0.3 is 0 Å². The van der Waals surface area contributed by atoms with Gasteiger partial charge in [-0.05, 0) is 139 Å². The fraction of sp³-hybridized carbons (Fsp3) is 0.227. The molecule has 0 radical (unpaired) electrons. The normalized spacial score (nSPS) is 12.7. The maximum Gasteiger partial charge on any atom is 0.298 e. The van der Waals surface area contributed by atoms with Crippen LogP contribution in [0, 0.1) is 0 Å². The van der Waals surface area contributed by atoms with E-state index in [0.29, 0.717) is 84.8 Å². The SMILES string of the molecule is CCc1cc(-c2cnc(S)n2-c2ccc3c(c2)c2c(n3C)CCCC2)c(O)cc1Oc1cn(C)c2ccc(-n3c(-c4cc(C(C)C)c(Oc5cn(C)c6ccc(-n7c(-c8cc(C(C)C)c(O)cc8[OH2+])cnc7O)cc56)cc4O)cnc3S)cc12. The molecule has 0 spiro atoms. The molecular weight excluding hydrogens is 1090 g/mol. The highest BCUT2D eigenvalue weighted by Crippen LogP contribution is 2.47. The van der Waals surface area contributed by atoms with Crippen LogP contribution in [0.15, 0.2) is 132 Å². The molecule has 6 heterocycles. The van der Waals surface area contributed by atoms with E-state index in [-0.39, 0.29) is 40.8 Å². The number of fused-ring (bicyclic) bond motifs is 5. The van der Waals surface area contributed by atoms with Crippen LogP contribution in [0.4, 0.5) is 0 Å². The molecule has 0 bridgehead atoms. The van der Waals surface area contributed by atoms with Crippen molar-refractivity contribution in [2.75, 3.05) is 0 Å². The summed E-state index contributed by atoms with van der Waals surface area (Å²) in [4.78, 5) is 13.5. The van der Waals surface area contributed by atoms with E-state index in [1.807, 2.05) is 107 Å². The Balaban J connectivity index is 0.818. The minimum Gasteiger partial charge on any atom is -0.593 e. The van der Waals surface area contributed by atoms with Crippen LogP contribution in [0.3, 0.4) is 0 Å². The second-order valence-corrected chi connectivity index (χ2v) is 23.3. The number of aryl methyl sites for hydroxylation is 5. The predicted molar refractivity (Wildman–Crippen MR) is 335 cm³/mol. The fourth-order valence-corrected chi connectivity index (χ4v) is 13.0. The quantitative estimate of drug-likeness (QED) is 0.0482. The van der Waals surface area contributed by atoms with Crippen LogP contribution in [-0.2, 0) is 40.4 Å². The Kier molecular flexibility index (Phi) is 13.3. The fourth-order valence-electron chi connectivity index (χ4n) is 12.4. The highest BCUT2D eigenvalue weighted by molar-refractivity contribution is 7.80. The summed E-state index contributed by atoms with van der Waals surface area (Å²) < 4.78 is 25.4. The van der Waals surface area contributed by atoms with Gasteiger partial charge in [-0.1, -0.05) is 34.6 Å². The number of nitrogens with zero attached hydrogens (tertiary/aromatic N) is 9. The first kappa shape index (κ1) is 54.1. The van der Waals surface area contributed by atoms with Gasteiger partial charge in [0, 0.05) is 95.5 Å². The first-order chi connectivity index (χ1) is 40.4.